The summed E-state index contributed by atoms with van der Waals surface area (Å²) < 4.78 is 5.89. The molecule has 0 amide bonds. The second kappa shape index (κ2) is 7.14. The van der Waals surface area contributed by atoms with E-state index < -0.39 is 4.92 Å². The van der Waals surface area contributed by atoms with Crippen molar-refractivity contribution in [3.05, 3.63) is 52.5 Å². The van der Waals surface area contributed by atoms with Gasteiger partial charge in [0.25, 0.3) is 0 Å². The van der Waals surface area contributed by atoms with E-state index in [1.54, 1.807) is 6.07 Å². The summed E-state index contributed by atoms with van der Waals surface area (Å²) in [6.07, 6.45) is 4.42. The average molecular weight is 365 g/mol. The van der Waals surface area contributed by atoms with Crippen molar-refractivity contribution in [3.63, 3.8) is 0 Å². The molecule has 1 aliphatic heterocycles. The first-order valence-corrected chi connectivity index (χ1v) is 8.92. The highest BCUT2D eigenvalue weighted by Gasteiger charge is 2.29. The monoisotopic (exact) mass is 365 g/mol. The quantitative estimate of drug-likeness (QED) is 0.509. The van der Waals surface area contributed by atoms with E-state index in [-0.39, 0.29) is 11.6 Å². The standard InChI is InChI=1S/C19H19N5O3/c1-13-8-9-14-6-5-7-15(16(14)22-13)27-19-17(24(25)26)18(20-12-21-19)23-10-3-2-4-11-23/h5-9,12H,2-4,10-11H2,1H3. The fourth-order valence-electron chi connectivity index (χ4n) is 3.33. The van der Waals surface area contributed by atoms with Crippen LogP contribution in [0.15, 0.2) is 36.7 Å². The smallest absolute Gasteiger partial charge is 0.373 e. The van der Waals surface area contributed by atoms with Crippen LogP contribution in [0.3, 0.4) is 0 Å². The summed E-state index contributed by atoms with van der Waals surface area (Å²) in [5, 5.41) is 12.7. The Bertz CT molecular complexity index is 1000. The molecule has 1 aliphatic rings. The molecular formula is C19H19N5O3. The van der Waals surface area contributed by atoms with Gasteiger partial charge < -0.3 is 9.64 Å². The Morgan fingerprint density at radius 3 is 2.70 bits per heavy atom. The number of aryl methyl sites for hydroxylation is 1. The number of nitrogens with zero attached hydrogens (tertiary/aromatic N) is 5. The van der Waals surface area contributed by atoms with Crippen LogP contribution in [0.5, 0.6) is 11.6 Å². The zero-order valence-corrected chi connectivity index (χ0v) is 15.0. The molecule has 8 nitrogen and oxygen atoms in total. The number of aromatic nitrogens is 3. The number of hydrogen-bond acceptors (Lipinski definition) is 7. The highest BCUT2D eigenvalue weighted by molar-refractivity contribution is 5.85. The summed E-state index contributed by atoms with van der Waals surface area (Å²) in [5.41, 5.74) is 1.28. The first-order chi connectivity index (χ1) is 13.1. The molecule has 0 saturated carbocycles. The van der Waals surface area contributed by atoms with Gasteiger partial charge in [0.2, 0.25) is 5.82 Å². The number of pyridine rings is 1. The minimum Gasteiger partial charge on any atom is -0.431 e. The van der Waals surface area contributed by atoms with Gasteiger partial charge in [0.05, 0.1) is 4.92 Å². The summed E-state index contributed by atoms with van der Waals surface area (Å²) in [7, 11) is 0. The van der Waals surface area contributed by atoms with Crippen LogP contribution in [0.4, 0.5) is 11.5 Å². The van der Waals surface area contributed by atoms with Crippen LogP contribution in [-0.4, -0.2) is 33.0 Å². The van der Waals surface area contributed by atoms with E-state index in [4.69, 9.17) is 4.74 Å². The van der Waals surface area contributed by atoms with Gasteiger partial charge in [-0.05, 0) is 38.3 Å². The Hall–Kier alpha value is -3.29. The summed E-state index contributed by atoms with van der Waals surface area (Å²) in [6.45, 7) is 3.37. The Morgan fingerprint density at radius 1 is 1.11 bits per heavy atom. The van der Waals surface area contributed by atoms with Crippen molar-refractivity contribution in [2.45, 2.75) is 26.2 Å². The molecular weight excluding hydrogens is 346 g/mol. The van der Waals surface area contributed by atoms with Gasteiger partial charge >= 0.3 is 11.6 Å². The van der Waals surface area contributed by atoms with Gasteiger partial charge in [0, 0.05) is 24.2 Å². The minimum absolute atomic E-state index is 0.0635. The highest BCUT2D eigenvalue weighted by Crippen LogP contribution is 2.38. The summed E-state index contributed by atoms with van der Waals surface area (Å²) >= 11 is 0. The van der Waals surface area contributed by atoms with Crippen LogP contribution in [0.25, 0.3) is 10.9 Å². The fraction of sp³-hybridized carbons (Fsp3) is 0.316. The van der Waals surface area contributed by atoms with Crippen molar-refractivity contribution < 1.29 is 9.66 Å². The first-order valence-electron chi connectivity index (χ1n) is 8.92. The maximum Gasteiger partial charge on any atom is 0.373 e. The number of piperidine rings is 1. The summed E-state index contributed by atoms with van der Waals surface area (Å²) in [4.78, 5) is 26.0. The third-order valence-electron chi connectivity index (χ3n) is 4.64. The largest absolute Gasteiger partial charge is 0.431 e. The molecule has 0 atom stereocenters. The molecule has 1 fully saturated rings. The molecule has 1 saturated heterocycles. The molecule has 27 heavy (non-hydrogen) atoms. The molecule has 0 unspecified atom stereocenters. The average Bonchev–Trinajstić information content (AvgIpc) is 2.69. The molecule has 0 N–H and O–H groups in total. The molecule has 138 valence electrons. The van der Waals surface area contributed by atoms with Crippen LogP contribution in [0.1, 0.15) is 25.0 Å². The Balaban J connectivity index is 1.78. The van der Waals surface area contributed by atoms with Crippen LogP contribution in [0, 0.1) is 17.0 Å². The predicted octanol–water partition coefficient (Wildman–Crippen LogP) is 4.02. The molecule has 3 aromatic rings. The van der Waals surface area contributed by atoms with E-state index in [1.165, 1.54) is 6.33 Å². The van der Waals surface area contributed by atoms with Crippen molar-refractivity contribution in [3.8, 4) is 11.6 Å². The Kier molecular flexibility index (Phi) is 4.53. The van der Waals surface area contributed by atoms with Crippen molar-refractivity contribution in [1.29, 1.82) is 0 Å². The van der Waals surface area contributed by atoms with E-state index >= 15 is 0 Å². The number of anilines is 1. The van der Waals surface area contributed by atoms with Gasteiger partial charge in [-0.15, -0.1) is 0 Å². The molecule has 0 aliphatic carbocycles. The maximum atomic E-state index is 11.8. The van der Waals surface area contributed by atoms with Gasteiger partial charge in [-0.2, -0.15) is 4.98 Å². The van der Waals surface area contributed by atoms with E-state index in [2.05, 4.69) is 15.0 Å². The molecule has 1 aromatic carbocycles. The topological polar surface area (TPSA) is 94.3 Å². The summed E-state index contributed by atoms with van der Waals surface area (Å²) in [6, 6.07) is 9.34. The number of benzene rings is 1. The van der Waals surface area contributed by atoms with Crippen LogP contribution < -0.4 is 9.64 Å². The first kappa shape index (κ1) is 17.1. The molecule has 4 rings (SSSR count). The SMILES string of the molecule is Cc1ccc2cccc(Oc3ncnc(N4CCCCC4)c3[N+](=O)[O-])c2n1. The van der Waals surface area contributed by atoms with E-state index in [0.29, 0.717) is 17.1 Å². The zero-order valence-electron chi connectivity index (χ0n) is 15.0. The number of rotatable bonds is 4. The normalized spacial score (nSPS) is 14.3. The summed E-state index contributed by atoms with van der Waals surface area (Å²) in [5.74, 6) is 0.683. The van der Waals surface area contributed by atoms with Crippen molar-refractivity contribution in [2.75, 3.05) is 18.0 Å². The number of para-hydroxylation sites is 1. The van der Waals surface area contributed by atoms with Crippen LogP contribution >= 0.6 is 0 Å². The predicted molar refractivity (Wildman–Crippen MR) is 101 cm³/mol. The van der Waals surface area contributed by atoms with E-state index in [0.717, 1.165) is 43.4 Å². The van der Waals surface area contributed by atoms with Gasteiger partial charge in [-0.1, -0.05) is 18.2 Å². The van der Waals surface area contributed by atoms with Gasteiger partial charge in [0.15, 0.2) is 5.75 Å². The number of fused-ring (bicyclic) bond motifs is 1. The lowest BCUT2D eigenvalue weighted by atomic mass is 10.1. The number of nitro groups is 1. The lowest BCUT2D eigenvalue weighted by Crippen LogP contribution is -2.30. The Morgan fingerprint density at radius 2 is 1.93 bits per heavy atom. The molecule has 0 bridgehead atoms. The molecule has 0 radical (unpaired) electrons. The van der Waals surface area contributed by atoms with Gasteiger partial charge in [0.1, 0.15) is 11.8 Å². The van der Waals surface area contributed by atoms with E-state index in [9.17, 15) is 10.1 Å². The second-order valence-corrected chi connectivity index (χ2v) is 6.54. The fourth-order valence-corrected chi connectivity index (χ4v) is 3.33. The lowest BCUT2D eigenvalue weighted by Gasteiger charge is -2.27. The molecule has 8 heteroatoms. The number of ether oxygens (including phenoxy) is 1. The maximum absolute atomic E-state index is 11.8. The molecule has 0 spiro atoms. The van der Waals surface area contributed by atoms with Crippen LogP contribution in [0.2, 0.25) is 0 Å². The van der Waals surface area contributed by atoms with Crippen LogP contribution in [-0.2, 0) is 0 Å². The van der Waals surface area contributed by atoms with Crippen molar-refractivity contribution >= 4 is 22.4 Å². The zero-order chi connectivity index (χ0) is 18.8. The third kappa shape index (κ3) is 3.38. The van der Waals surface area contributed by atoms with E-state index in [1.807, 2.05) is 36.1 Å². The van der Waals surface area contributed by atoms with Crippen molar-refractivity contribution in [1.82, 2.24) is 15.0 Å². The van der Waals surface area contributed by atoms with Crippen molar-refractivity contribution in [2.24, 2.45) is 0 Å². The third-order valence-corrected chi connectivity index (χ3v) is 4.64. The van der Waals surface area contributed by atoms with Gasteiger partial charge in [-0.25, -0.2) is 9.97 Å². The number of hydrogen-bond donors (Lipinski definition) is 0. The molecule has 3 heterocycles. The lowest BCUT2D eigenvalue weighted by molar-refractivity contribution is -0.385. The highest BCUT2D eigenvalue weighted by atomic mass is 16.6. The molecule has 2 aromatic heterocycles. The van der Waals surface area contributed by atoms with Gasteiger partial charge in [-0.3, -0.25) is 10.1 Å². The minimum atomic E-state index is -0.469. The second-order valence-electron chi connectivity index (χ2n) is 6.54. The Labute approximate surface area is 156 Å².